The SMILES string of the molecule is Cc1c(S(=O)(=O)c2ccccc2)sc(N)c1C(N)=O. The van der Waals surface area contributed by atoms with Crippen LogP contribution in [0.15, 0.2) is 39.4 Å². The third-order valence-electron chi connectivity index (χ3n) is 2.67. The number of anilines is 1. The second-order valence-electron chi connectivity index (χ2n) is 3.93. The molecule has 0 aliphatic heterocycles. The van der Waals surface area contributed by atoms with E-state index in [4.69, 9.17) is 11.5 Å². The summed E-state index contributed by atoms with van der Waals surface area (Å²) in [6.45, 7) is 1.53. The maximum atomic E-state index is 12.4. The normalized spacial score (nSPS) is 11.4. The summed E-state index contributed by atoms with van der Waals surface area (Å²) >= 11 is 0.860. The predicted octanol–water partition coefficient (Wildman–Crippen LogP) is 1.57. The maximum Gasteiger partial charge on any atom is 0.251 e. The van der Waals surface area contributed by atoms with Crippen LogP contribution in [0.3, 0.4) is 0 Å². The van der Waals surface area contributed by atoms with Gasteiger partial charge in [0.15, 0.2) is 0 Å². The van der Waals surface area contributed by atoms with Gasteiger partial charge in [0.2, 0.25) is 9.84 Å². The van der Waals surface area contributed by atoms with E-state index in [-0.39, 0.29) is 19.7 Å². The summed E-state index contributed by atoms with van der Waals surface area (Å²) in [5, 5.41) is 0.125. The zero-order valence-electron chi connectivity index (χ0n) is 10.1. The highest BCUT2D eigenvalue weighted by atomic mass is 32.2. The summed E-state index contributed by atoms with van der Waals surface area (Å²) in [5.74, 6) is -0.722. The van der Waals surface area contributed by atoms with Crippen molar-refractivity contribution in [2.24, 2.45) is 5.73 Å². The fraction of sp³-hybridized carbons (Fsp3) is 0.0833. The lowest BCUT2D eigenvalue weighted by Crippen LogP contribution is -2.13. The third kappa shape index (κ3) is 2.22. The molecule has 0 saturated carbocycles. The number of nitrogen functional groups attached to an aromatic ring is 1. The molecule has 0 saturated heterocycles. The molecule has 4 N–H and O–H groups in total. The van der Waals surface area contributed by atoms with E-state index in [9.17, 15) is 13.2 Å². The zero-order valence-corrected chi connectivity index (χ0v) is 11.7. The van der Waals surface area contributed by atoms with Crippen LogP contribution in [-0.2, 0) is 9.84 Å². The Bertz CT molecular complexity index is 734. The maximum absolute atomic E-state index is 12.4. The fourth-order valence-electron chi connectivity index (χ4n) is 1.78. The lowest BCUT2D eigenvalue weighted by atomic mass is 10.2. The number of rotatable bonds is 3. The number of primary amides is 1. The number of carbonyl (C=O) groups is 1. The smallest absolute Gasteiger partial charge is 0.251 e. The molecule has 5 nitrogen and oxygen atoms in total. The van der Waals surface area contributed by atoms with Gasteiger partial charge in [0.25, 0.3) is 5.91 Å². The van der Waals surface area contributed by atoms with E-state index >= 15 is 0 Å². The monoisotopic (exact) mass is 296 g/mol. The minimum atomic E-state index is -3.67. The number of benzene rings is 1. The predicted molar refractivity (Wildman–Crippen MR) is 73.9 cm³/mol. The number of hydrogen-bond donors (Lipinski definition) is 2. The van der Waals surface area contributed by atoms with E-state index < -0.39 is 15.7 Å². The number of amides is 1. The van der Waals surface area contributed by atoms with Gasteiger partial charge in [0.05, 0.1) is 10.5 Å². The molecule has 0 unspecified atom stereocenters. The molecule has 1 aromatic heterocycles. The number of sulfone groups is 1. The first-order valence-corrected chi connectivity index (χ1v) is 7.64. The van der Waals surface area contributed by atoms with Crippen molar-refractivity contribution in [1.82, 2.24) is 0 Å². The molecule has 2 aromatic rings. The van der Waals surface area contributed by atoms with Gasteiger partial charge in [-0.05, 0) is 24.6 Å². The van der Waals surface area contributed by atoms with Crippen molar-refractivity contribution < 1.29 is 13.2 Å². The largest absolute Gasteiger partial charge is 0.390 e. The molecule has 100 valence electrons. The molecular weight excluding hydrogens is 284 g/mol. The molecule has 1 amide bonds. The summed E-state index contributed by atoms with van der Waals surface area (Å²) < 4.78 is 25.0. The van der Waals surface area contributed by atoms with Crippen molar-refractivity contribution in [3.8, 4) is 0 Å². The lowest BCUT2D eigenvalue weighted by molar-refractivity contribution is 0.100. The molecule has 1 aromatic carbocycles. The van der Waals surface area contributed by atoms with Crippen LogP contribution >= 0.6 is 11.3 Å². The molecule has 0 fully saturated rings. The van der Waals surface area contributed by atoms with Gasteiger partial charge in [-0.1, -0.05) is 18.2 Å². The molecule has 0 aliphatic carbocycles. The molecule has 0 aliphatic rings. The fourth-order valence-corrected chi connectivity index (χ4v) is 4.83. The van der Waals surface area contributed by atoms with Crippen molar-refractivity contribution in [3.05, 3.63) is 41.5 Å². The first-order chi connectivity index (χ1) is 8.85. The number of nitrogens with two attached hydrogens (primary N) is 2. The van der Waals surface area contributed by atoms with Crippen LogP contribution < -0.4 is 11.5 Å². The Morgan fingerprint density at radius 2 is 1.79 bits per heavy atom. The average molecular weight is 296 g/mol. The molecule has 1 heterocycles. The van der Waals surface area contributed by atoms with E-state index in [0.717, 1.165) is 11.3 Å². The minimum absolute atomic E-state index is 0.0602. The Hall–Kier alpha value is -1.86. The second kappa shape index (κ2) is 4.67. The van der Waals surface area contributed by atoms with Gasteiger partial charge in [0.1, 0.15) is 9.21 Å². The summed E-state index contributed by atoms with van der Waals surface area (Å²) in [7, 11) is -3.67. The van der Waals surface area contributed by atoms with Gasteiger partial charge in [-0.25, -0.2) is 8.42 Å². The zero-order chi connectivity index (χ0) is 14.2. The molecule has 2 rings (SSSR count). The topological polar surface area (TPSA) is 103 Å². The molecular formula is C12H12N2O3S2. The van der Waals surface area contributed by atoms with Gasteiger partial charge in [-0.15, -0.1) is 11.3 Å². The number of hydrogen-bond acceptors (Lipinski definition) is 5. The van der Waals surface area contributed by atoms with Crippen LogP contribution in [0, 0.1) is 6.92 Å². The lowest BCUT2D eigenvalue weighted by Gasteiger charge is -2.03. The first-order valence-electron chi connectivity index (χ1n) is 5.34. The summed E-state index contributed by atoms with van der Waals surface area (Å²) in [4.78, 5) is 11.4. The van der Waals surface area contributed by atoms with Gasteiger partial charge < -0.3 is 11.5 Å². The van der Waals surface area contributed by atoms with Crippen molar-refractivity contribution in [2.75, 3.05) is 5.73 Å². The highest BCUT2D eigenvalue weighted by molar-refractivity contribution is 7.93. The van der Waals surface area contributed by atoms with E-state index in [1.807, 2.05) is 0 Å². The first kappa shape index (κ1) is 13.6. The van der Waals surface area contributed by atoms with Crippen LogP contribution in [0.25, 0.3) is 0 Å². The van der Waals surface area contributed by atoms with E-state index in [1.54, 1.807) is 18.2 Å². The van der Waals surface area contributed by atoms with Crippen molar-refractivity contribution in [2.45, 2.75) is 16.0 Å². The molecule has 0 radical (unpaired) electrons. The summed E-state index contributed by atoms with van der Waals surface area (Å²) in [5.41, 5.74) is 11.3. The Morgan fingerprint density at radius 1 is 1.21 bits per heavy atom. The molecule has 0 bridgehead atoms. The van der Waals surface area contributed by atoms with Gasteiger partial charge in [-0.3, -0.25) is 4.79 Å². The molecule has 0 spiro atoms. The third-order valence-corrected chi connectivity index (χ3v) is 6.19. The van der Waals surface area contributed by atoms with Crippen molar-refractivity contribution >= 4 is 32.1 Å². The number of thiophene rings is 1. The molecule has 19 heavy (non-hydrogen) atoms. The van der Waals surface area contributed by atoms with Crippen LogP contribution in [0.5, 0.6) is 0 Å². The summed E-state index contributed by atoms with van der Waals surface area (Å²) in [6.07, 6.45) is 0. The van der Waals surface area contributed by atoms with Crippen LogP contribution in [0.4, 0.5) is 5.00 Å². The standard InChI is InChI=1S/C12H12N2O3S2/c1-7-9(10(13)15)11(14)18-12(7)19(16,17)8-5-3-2-4-6-8/h2-6H,14H2,1H3,(H2,13,15). The van der Waals surface area contributed by atoms with Crippen molar-refractivity contribution in [1.29, 1.82) is 0 Å². The van der Waals surface area contributed by atoms with E-state index in [1.165, 1.54) is 19.1 Å². The Balaban J connectivity index is 2.67. The number of carbonyl (C=O) groups excluding carboxylic acids is 1. The van der Waals surface area contributed by atoms with Crippen LogP contribution in [0.2, 0.25) is 0 Å². The Morgan fingerprint density at radius 3 is 2.26 bits per heavy atom. The highest BCUT2D eigenvalue weighted by Crippen LogP contribution is 2.36. The van der Waals surface area contributed by atoms with Crippen molar-refractivity contribution in [3.63, 3.8) is 0 Å². The van der Waals surface area contributed by atoms with E-state index in [2.05, 4.69) is 0 Å². The average Bonchev–Trinajstić information content (AvgIpc) is 2.66. The van der Waals surface area contributed by atoms with Gasteiger partial charge in [0, 0.05) is 0 Å². The quantitative estimate of drug-likeness (QED) is 0.897. The van der Waals surface area contributed by atoms with Gasteiger partial charge >= 0.3 is 0 Å². The Kier molecular flexibility index (Phi) is 3.34. The van der Waals surface area contributed by atoms with Crippen LogP contribution in [-0.4, -0.2) is 14.3 Å². The van der Waals surface area contributed by atoms with Gasteiger partial charge in [-0.2, -0.15) is 0 Å². The summed E-state index contributed by atoms with van der Waals surface area (Å²) in [6, 6.07) is 7.98. The second-order valence-corrected chi connectivity index (χ2v) is 7.13. The minimum Gasteiger partial charge on any atom is -0.390 e. The highest BCUT2D eigenvalue weighted by Gasteiger charge is 2.27. The molecule has 7 heteroatoms. The van der Waals surface area contributed by atoms with E-state index in [0.29, 0.717) is 5.56 Å². The van der Waals surface area contributed by atoms with Crippen LogP contribution in [0.1, 0.15) is 15.9 Å². The molecule has 0 atom stereocenters. The Labute approximate surface area is 114 Å².